The summed E-state index contributed by atoms with van der Waals surface area (Å²) < 4.78 is 6.77. The molecule has 3 aromatic heterocycles. The summed E-state index contributed by atoms with van der Waals surface area (Å²) in [7, 11) is 0. The molecule has 11 heteroatoms. The van der Waals surface area contributed by atoms with Gasteiger partial charge < -0.3 is 15.5 Å². The maximum absolute atomic E-state index is 13.2. The second-order valence-corrected chi connectivity index (χ2v) is 8.99. The molecular formula is C26H27N7O4. The molecular weight excluding hydrogens is 474 g/mol. The van der Waals surface area contributed by atoms with Gasteiger partial charge in [-0.2, -0.15) is 0 Å². The number of Topliss-reactive ketones (excluding diaryl/α,β-unsaturated/α-hetero) is 1. The first kappa shape index (κ1) is 25.4. The first-order valence-corrected chi connectivity index (χ1v) is 11.7. The van der Waals surface area contributed by atoms with Crippen molar-refractivity contribution in [2.45, 2.75) is 39.8 Å². The van der Waals surface area contributed by atoms with Gasteiger partial charge in [0.05, 0.1) is 18.7 Å². The van der Waals surface area contributed by atoms with Gasteiger partial charge in [-0.15, -0.1) is 10.2 Å². The Labute approximate surface area is 212 Å². The molecule has 3 heterocycles. The van der Waals surface area contributed by atoms with Crippen LogP contribution in [0, 0.1) is 12.8 Å². The molecule has 1 amide bonds. The first-order chi connectivity index (χ1) is 17.7. The molecule has 1 aromatic carbocycles. The van der Waals surface area contributed by atoms with E-state index >= 15 is 0 Å². The molecule has 0 saturated heterocycles. The number of rotatable bonds is 9. The van der Waals surface area contributed by atoms with Gasteiger partial charge in [-0.25, -0.2) is 4.98 Å². The lowest BCUT2D eigenvalue weighted by Crippen LogP contribution is -2.46. The number of ketones is 1. The van der Waals surface area contributed by atoms with Crippen molar-refractivity contribution in [3.63, 3.8) is 0 Å². The number of aryl methyl sites for hydroxylation is 1. The van der Waals surface area contributed by atoms with Crippen LogP contribution in [0.2, 0.25) is 0 Å². The third-order valence-corrected chi connectivity index (χ3v) is 5.68. The number of benzene rings is 1. The number of amides is 1. The van der Waals surface area contributed by atoms with Gasteiger partial charge in [0.15, 0.2) is 0 Å². The van der Waals surface area contributed by atoms with E-state index in [1.165, 1.54) is 12.4 Å². The highest BCUT2D eigenvalue weighted by Gasteiger charge is 2.30. The maximum Gasteiger partial charge on any atom is 0.286 e. The second kappa shape index (κ2) is 10.9. The van der Waals surface area contributed by atoms with Crippen molar-refractivity contribution in [1.29, 1.82) is 0 Å². The summed E-state index contributed by atoms with van der Waals surface area (Å²) in [5.41, 5.74) is 7.68. The Hall–Kier alpha value is -4.67. The normalized spacial score (nSPS) is 11.9. The zero-order chi connectivity index (χ0) is 26.5. The molecule has 0 aliphatic heterocycles. The molecule has 0 fully saturated rings. The van der Waals surface area contributed by atoms with Gasteiger partial charge in [-0.3, -0.25) is 23.9 Å². The predicted molar refractivity (Wildman–Crippen MR) is 136 cm³/mol. The minimum Gasteiger partial charge on any atom is -0.418 e. The number of nitrogen functional groups attached to an aromatic ring is 1. The molecule has 0 aliphatic carbocycles. The Balaban J connectivity index is 1.52. The van der Waals surface area contributed by atoms with Crippen molar-refractivity contribution in [1.82, 2.24) is 30.0 Å². The van der Waals surface area contributed by atoms with Gasteiger partial charge in [0.25, 0.3) is 11.4 Å². The quantitative estimate of drug-likeness (QED) is 0.328. The summed E-state index contributed by atoms with van der Waals surface area (Å²) in [6.07, 6.45) is 4.72. The monoisotopic (exact) mass is 501 g/mol. The van der Waals surface area contributed by atoms with Crippen molar-refractivity contribution >= 4 is 17.4 Å². The van der Waals surface area contributed by atoms with E-state index in [0.717, 1.165) is 15.7 Å². The van der Waals surface area contributed by atoms with Gasteiger partial charge in [0.2, 0.25) is 17.6 Å². The lowest BCUT2D eigenvalue weighted by atomic mass is 9.99. The summed E-state index contributed by atoms with van der Waals surface area (Å²) in [5, 5.41) is 10.6. The van der Waals surface area contributed by atoms with Crippen LogP contribution in [0.1, 0.15) is 41.6 Å². The molecule has 3 N–H and O–H groups in total. The van der Waals surface area contributed by atoms with Gasteiger partial charge in [-0.05, 0) is 30.5 Å². The van der Waals surface area contributed by atoms with Crippen molar-refractivity contribution in [3.8, 4) is 11.4 Å². The fourth-order valence-corrected chi connectivity index (χ4v) is 3.83. The Morgan fingerprint density at radius 2 is 1.95 bits per heavy atom. The second-order valence-electron chi connectivity index (χ2n) is 8.99. The summed E-state index contributed by atoms with van der Waals surface area (Å²) >= 11 is 0. The summed E-state index contributed by atoms with van der Waals surface area (Å²) in [5.74, 6) is -1.06. The van der Waals surface area contributed by atoms with Crippen molar-refractivity contribution in [3.05, 3.63) is 88.3 Å². The van der Waals surface area contributed by atoms with E-state index in [0.29, 0.717) is 17.9 Å². The number of carbonyl (C=O) groups excluding carboxylic acids is 2. The Bertz CT molecular complexity index is 1480. The molecule has 0 aliphatic rings. The Kier molecular flexibility index (Phi) is 7.52. The fourth-order valence-electron chi connectivity index (χ4n) is 3.83. The van der Waals surface area contributed by atoms with E-state index in [1.54, 1.807) is 32.2 Å². The lowest BCUT2D eigenvalue weighted by Gasteiger charge is -2.20. The minimum atomic E-state index is -0.952. The highest BCUT2D eigenvalue weighted by molar-refractivity contribution is 5.98. The molecule has 11 nitrogen and oxygen atoms in total. The standard InChI is InChI=1S/C26H27N7O4/c1-15(2)22(23(35)25-32-31-21(37-25)11-17-7-4-6-16(3)10-17)30-20(34)14-33-24(18-8-5-9-28-12-18)29-13-19(27)26(33)36/h4-10,12-13,15,22H,11,14,27H2,1-3H3,(H,30,34)/t22-/m0/s1. The lowest BCUT2D eigenvalue weighted by molar-refractivity contribution is -0.122. The van der Waals surface area contributed by atoms with E-state index in [9.17, 15) is 14.4 Å². The summed E-state index contributed by atoms with van der Waals surface area (Å²) in [4.78, 5) is 47.2. The van der Waals surface area contributed by atoms with Crippen LogP contribution in [0.3, 0.4) is 0 Å². The molecule has 0 radical (unpaired) electrons. The first-order valence-electron chi connectivity index (χ1n) is 11.7. The number of nitrogens with one attached hydrogen (secondary N) is 1. The number of nitrogens with two attached hydrogens (primary N) is 1. The molecule has 0 unspecified atom stereocenters. The number of carbonyl (C=O) groups is 2. The average molecular weight is 502 g/mol. The number of aromatic nitrogens is 5. The zero-order valence-electron chi connectivity index (χ0n) is 20.7. The number of nitrogens with zero attached hydrogens (tertiary/aromatic N) is 5. The Morgan fingerprint density at radius 1 is 1.14 bits per heavy atom. The third-order valence-electron chi connectivity index (χ3n) is 5.68. The molecule has 0 bridgehead atoms. The topological polar surface area (TPSA) is 159 Å². The minimum absolute atomic E-state index is 0.107. The van der Waals surface area contributed by atoms with Crippen LogP contribution in [-0.2, 0) is 17.8 Å². The highest BCUT2D eigenvalue weighted by Crippen LogP contribution is 2.16. The summed E-state index contributed by atoms with van der Waals surface area (Å²) in [6, 6.07) is 10.3. The van der Waals surface area contributed by atoms with E-state index < -0.39 is 29.8 Å². The molecule has 37 heavy (non-hydrogen) atoms. The smallest absolute Gasteiger partial charge is 0.286 e. The highest BCUT2D eigenvalue weighted by atomic mass is 16.4. The number of pyridine rings is 1. The molecule has 190 valence electrons. The molecule has 1 atom stereocenters. The van der Waals surface area contributed by atoms with Crippen LogP contribution in [0.25, 0.3) is 11.4 Å². The zero-order valence-corrected chi connectivity index (χ0v) is 20.7. The fraction of sp³-hybridized carbons (Fsp3) is 0.269. The van der Waals surface area contributed by atoms with Crippen LogP contribution in [0.15, 0.2) is 64.2 Å². The molecule has 4 rings (SSSR count). The van der Waals surface area contributed by atoms with Gasteiger partial charge >= 0.3 is 0 Å². The summed E-state index contributed by atoms with van der Waals surface area (Å²) in [6.45, 7) is 5.14. The third kappa shape index (κ3) is 5.95. The SMILES string of the molecule is Cc1cccc(Cc2nnc(C(=O)[C@@H](NC(=O)Cn3c(-c4cccnc4)ncc(N)c3=O)C(C)C)o2)c1. The van der Waals surface area contributed by atoms with Crippen LogP contribution >= 0.6 is 0 Å². The molecule has 0 spiro atoms. The van der Waals surface area contributed by atoms with Crippen molar-refractivity contribution in [2.24, 2.45) is 5.92 Å². The maximum atomic E-state index is 13.2. The van der Waals surface area contributed by atoms with Crippen molar-refractivity contribution < 1.29 is 14.0 Å². The van der Waals surface area contributed by atoms with E-state index in [4.69, 9.17) is 10.2 Å². The van der Waals surface area contributed by atoms with E-state index in [1.807, 2.05) is 31.2 Å². The largest absolute Gasteiger partial charge is 0.418 e. The van der Waals surface area contributed by atoms with Gasteiger partial charge in [0.1, 0.15) is 18.1 Å². The van der Waals surface area contributed by atoms with Gasteiger partial charge in [0, 0.05) is 18.0 Å². The van der Waals surface area contributed by atoms with Gasteiger partial charge in [-0.1, -0.05) is 43.7 Å². The van der Waals surface area contributed by atoms with E-state index in [-0.39, 0.29) is 23.3 Å². The Morgan fingerprint density at radius 3 is 2.65 bits per heavy atom. The van der Waals surface area contributed by atoms with Crippen LogP contribution in [-0.4, -0.2) is 42.5 Å². The molecule has 0 saturated carbocycles. The molecule has 4 aromatic rings. The number of hydrogen-bond donors (Lipinski definition) is 2. The number of hydrogen-bond acceptors (Lipinski definition) is 9. The van der Waals surface area contributed by atoms with Crippen molar-refractivity contribution in [2.75, 3.05) is 5.73 Å². The average Bonchev–Trinajstić information content (AvgIpc) is 3.34. The van der Waals surface area contributed by atoms with Crippen LogP contribution in [0.5, 0.6) is 0 Å². The van der Waals surface area contributed by atoms with Crippen LogP contribution < -0.4 is 16.6 Å². The predicted octanol–water partition coefficient (Wildman–Crippen LogP) is 2.19. The van der Waals surface area contributed by atoms with E-state index in [2.05, 4.69) is 25.5 Å². The number of anilines is 1. The van der Waals surface area contributed by atoms with Crippen LogP contribution in [0.4, 0.5) is 5.69 Å².